The van der Waals surface area contributed by atoms with Crippen LogP contribution in [0.3, 0.4) is 0 Å². The van der Waals surface area contributed by atoms with Gasteiger partial charge in [0.15, 0.2) is 11.5 Å². The first-order chi connectivity index (χ1) is 14.0. The summed E-state index contributed by atoms with van der Waals surface area (Å²) in [6.45, 7) is 0.893. The van der Waals surface area contributed by atoms with Crippen LogP contribution in [0.25, 0.3) is 11.4 Å². The van der Waals surface area contributed by atoms with Gasteiger partial charge in [-0.3, -0.25) is 0 Å². The summed E-state index contributed by atoms with van der Waals surface area (Å²) in [6, 6.07) is 9.26. The fraction of sp³-hybridized carbons (Fsp3) is 0.278. The van der Waals surface area contributed by atoms with E-state index >= 15 is 0 Å². The Morgan fingerprint density at radius 2 is 2.00 bits per heavy atom. The van der Waals surface area contributed by atoms with Gasteiger partial charge in [0, 0.05) is 13.1 Å². The van der Waals surface area contributed by atoms with Crippen LogP contribution in [0.5, 0.6) is 11.5 Å². The molecule has 1 aromatic heterocycles. The lowest BCUT2D eigenvalue weighted by molar-refractivity contribution is 0.174. The van der Waals surface area contributed by atoms with E-state index in [1.165, 1.54) is 16.4 Å². The minimum atomic E-state index is -3.80. The first-order valence-corrected chi connectivity index (χ1v) is 10.4. The molecule has 0 bridgehead atoms. The summed E-state index contributed by atoms with van der Waals surface area (Å²) in [5, 5.41) is 13.1. The maximum Gasteiger partial charge on any atom is 0.243 e. The van der Waals surface area contributed by atoms with Gasteiger partial charge in [0.05, 0.1) is 10.5 Å². The van der Waals surface area contributed by atoms with Gasteiger partial charge in [0.2, 0.25) is 22.6 Å². The molecule has 29 heavy (non-hydrogen) atoms. The van der Waals surface area contributed by atoms with Crippen LogP contribution in [0.4, 0.5) is 4.39 Å². The molecule has 9 nitrogen and oxygen atoms in total. The molecule has 0 spiro atoms. The maximum atomic E-state index is 14.1. The van der Waals surface area contributed by atoms with Crippen molar-refractivity contribution in [3.63, 3.8) is 0 Å². The first kappa shape index (κ1) is 18.0. The summed E-state index contributed by atoms with van der Waals surface area (Å²) >= 11 is 0. The Balaban J connectivity index is 1.41. The van der Waals surface area contributed by atoms with Gasteiger partial charge < -0.3 is 9.47 Å². The van der Waals surface area contributed by atoms with Crippen molar-refractivity contribution in [3.8, 4) is 22.9 Å². The van der Waals surface area contributed by atoms with E-state index in [-0.39, 0.29) is 29.0 Å². The number of nitrogens with one attached hydrogen (secondary N) is 1. The Labute approximate surface area is 165 Å². The monoisotopic (exact) mass is 417 g/mol. The highest BCUT2D eigenvalue weighted by molar-refractivity contribution is 7.89. The van der Waals surface area contributed by atoms with Crippen molar-refractivity contribution in [2.24, 2.45) is 0 Å². The molecule has 1 atom stereocenters. The molecule has 2 aliphatic heterocycles. The highest BCUT2D eigenvalue weighted by atomic mass is 32.2. The second kappa shape index (κ2) is 6.78. The van der Waals surface area contributed by atoms with E-state index in [4.69, 9.17) is 9.47 Å². The molecular weight excluding hydrogens is 401 g/mol. The number of hydrogen-bond acceptors (Lipinski definition) is 7. The molecule has 1 fully saturated rings. The zero-order chi connectivity index (χ0) is 20.0. The van der Waals surface area contributed by atoms with Crippen LogP contribution in [0.1, 0.15) is 17.9 Å². The van der Waals surface area contributed by atoms with Crippen LogP contribution >= 0.6 is 0 Å². The smallest absolute Gasteiger partial charge is 0.243 e. The lowest BCUT2D eigenvalue weighted by atomic mass is 9.98. The second-order valence-corrected chi connectivity index (χ2v) is 8.78. The molecule has 0 aliphatic carbocycles. The van der Waals surface area contributed by atoms with Crippen molar-refractivity contribution in [2.75, 3.05) is 19.9 Å². The van der Waals surface area contributed by atoms with Gasteiger partial charge in [-0.25, -0.2) is 12.8 Å². The number of nitrogens with zero attached hydrogens (tertiary/aromatic N) is 4. The molecule has 1 saturated heterocycles. The molecule has 0 amide bonds. The molecule has 2 aromatic carbocycles. The molecule has 2 aliphatic rings. The van der Waals surface area contributed by atoms with Gasteiger partial charge >= 0.3 is 0 Å². The highest BCUT2D eigenvalue weighted by Crippen LogP contribution is 2.38. The standard InChI is InChI=1S/C18H16FN5O4S/c19-15-3-2-13(8-14(15)18-20-22-23-21-18)29(25,26)24-6-5-12(9-24)11-1-4-16-17(7-11)28-10-27-16/h1-4,7-8,12H,5-6,9-10H2,(H,20,21,22,23). The predicted molar refractivity (Wildman–Crippen MR) is 98.3 cm³/mol. The number of ether oxygens (including phenoxy) is 2. The molecule has 150 valence electrons. The average molecular weight is 417 g/mol. The second-order valence-electron chi connectivity index (χ2n) is 6.84. The Bertz CT molecular complexity index is 1170. The van der Waals surface area contributed by atoms with Crippen LogP contribution in [0.2, 0.25) is 0 Å². The van der Waals surface area contributed by atoms with E-state index in [1.54, 1.807) is 0 Å². The maximum absolute atomic E-state index is 14.1. The minimum absolute atomic E-state index is 0.000733. The van der Waals surface area contributed by atoms with E-state index in [0.29, 0.717) is 31.0 Å². The van der Waals surface area contributed by atoms with Crippen molar-refractivity contribution in [1.82, 2.24) is 24.9 Å². The SMILES string of the molecule is O=S(=O)(c1ccc(F)c(-c2nn[nH]n2)c1)N1CCC(c2ccc3c(c2)OCO3)C1. The normalized spacial score (nSPS) is 19.0. The van der Waals surface area contributed by atoms with Gasteiger partial charge in [-0.05, 0) is 53.4 Å². The molecular formula is C18H16FN5O4S. The van der Waals surface area contributed by atoms with E-state index < -0.39 is 15.8 Å². The van der Waals surface area contributed by atoms with Gasteiger partial charge in [-0.2, -0.15) is 9.52 Å². The molecule has 3 heterocycles. The van der Waals surface area contributed by atoms with Crippen molar-refractivity contribution in [1.29, 1.82) is 0 Å². The fourth-order valence-corrected chi connectivity index (χ4v) is 5.17. The first-order valence-electron chi connectivity index (χ1n) is 8.95. The van der Waals surface area contributed by atoms with E-state index in [1.807, 2.05) is 18.2 Å². The third-order valence-corrected chi connectivity index (χ3v) is 7.04. The summed E-state index contributed by atoms with van der Waals surface area (Å²) < 4.78 is 52.5. The highest BCUT2D eigenvalue weighted by Gasteiger charge is 2.34. The van der Waals surface area contributed by atoms with Crippen molar-refractivity contribution in [2.45, 2.75) is 17.2 Å². The van der Waals surface area contributed by atoms with Crippen molar-refractivity contribution < 1.29 is 22.3 Å². The number of sulfonamides is 1. The van der Waals surface area contributed by atoms with E-state index in [9.17, 15) is 12.8 Å². The third-order valence-electron chi connectivity index (χ3n) is 5.18. The number of fused-ring (bicyclic) bond motifs is 1. The number of tetrazole rings is 1. The summed E-state index contributed by atoms with van der Waals surface area (Å²) in [6.07, 6.45) is 0.678. The Hall–Kier alpha value is -3.05. The number of halogens is 1. The van der Waals surface area contributed by atoms with Gasteiger partial charge in [0.25, 0.3) is 0 Å². The Kier molecular flexibility index (Phi) is 4.21. The predicted octanol–water partition coefficient (Wildman–Crippen LogP) is 1.91. The van der Waals surface area contributed by atoms with Gasteiger partial charge in [0.1, 0.15) is 5.82 Å². The average Bonchev–Trinajstić information content (AvgIpc) is 3.48. The number of aromatic amines is 1. The van der Waals surface area contributed by atoms with Crippen LogP contribution in [-0.2, 0) is 10.0 Å². The molecule has 0 saturated carbocycles. The fourth-order valence-electron chi connectivity index (χ4n) is 3.65. The lowest BCUT2D eigenvalue weighted by Gasteiger charge is -2.17. The number of H-pyrrole nitrogens is 1. The molecule has 1 N–H and O–H groups in total. The molecule has 3 aromatic rings. The molecule has 5 rings (SSSR count). The van der Waals surface area contributed by atoms with Crippen LogP contribution in [-0.4, -0.2) is 53.2 Å². The molecule has 11 heteroatoms. The van der Waals surface area contributed by atoms with Crippen LogP contribution in [0, 0.1) is 5.82 Å². The summed E-state index contributed by atoms with van der Waals surface area (Å²) in [5.41, 5.74) is 0.977. The number of aromatic nitrogens is 4. The molecule has 0 radical (unpaired) electrons. The summed E-state index contributed by atoms with van der Waals surface area (Å²) in [4.78, 5) is -0.00923. The minimum Gasteiger partial charge on any atom is -0.454 e. The van der Waals surface area contributed by atoms with Crippen LogP contribution < -0.4 is 9.47 Å². The van der Waals surface area contributed by atoms with Crippen molar-refractivity contribution in [3.05, 3.63) is 47.8 Å². The lowest BCUT2D eigenvalue weighted by Crippen LogP contribution is -2.28. The van der Waals surface area contributed by atoms with Crippen LogP contribution in [0.15, 0.2) is 41.3 Å². The zero-order valence-corrected chi connectivity index (χ0v) is 15.9. The third kappa shape index (κ3) is 3.12. The summed E-state index contributed by atoms with van der Waals surface area (Å²) in [5.74, 6) is 0.782. The van der Waals surface area contributed by atoms with E-state index in [0.717, 1.165) is 11.6 Å². The largest absolute Gasteiger partial charge is 0.454 e. The van der Waals surface area contributed by atoms with Gasteiger partial charge in [-0.15, -0.1) is 10.2 Å². The van der Waals surface area contributed by atoms with Gasteiger partial charge in [-0.1, -0.05) is 6.07 Å². The summed E-state index contributed by atoms with van der Waals surface area (Å²) in [7, 11) is -3.80. The van der Waals surface area contributed by atoms with E-state index in [2.05, 4.69) is 20.6 Å². The molecule has 1 unspecified atom stereocenters. The number of rotatable bonds is 4. The number of benzene rings is 2. The Morgan fingerprint density at radius 3 is 2.83 bits per heavy atom. The Morgan fingerprint density at radius 1 is 1.14 bits per heavy atom. The van der Waals surface area contributed by atoms with Crippen molar-refractivity contribution >= 4 is 10.0 Å². The zero-order valence-electron chi connectivity index (χ0n) is 15.1. The topological polar surface area (TPSA) is 110 Å². The number of hydrogen-bond donors (Lipinski definition) is 1. The quantitative estimate of drug-likeness (QED) is 0.690.